The lowest BCUT2D eigenvalue weighted by atomic mass is 10.1. The number of hydrogen-bond acceptors (Lipinski definition) is 5. The Morgan fingerprint density at radius 2 is 1.79 bits per heavy atom. The predicted molar refractivity (Wildman–Crippen MR) is 128 cm³/mol. The van der Waals surface area contributed by atoms with Crippen molar-refractivity contribution in [3.63, 3.8) is 0 Å². The highest BCUT2D eigenvalue weighted by Gasteiger charge is 2.41. The van der Waals surface area contributed by atoms with E-state index in [2.05, 4.69) is 10.3 Å². The maximum absolute atomic E-state index is 13.9. The Morgan fingerprint density at radius 3 is 2.62 bits per heavy atom. The Morgan fingerprint density at radius 1 is 1.03 bits per heavy atom. The van der Waals surface area contributed by atoms with E-state index in [0.717, 1.165) is 41.1 Å². The van der Waals surface area contributed by atoms with Crippen LogP contribution >= 0.6 is 11.8 Å². The van der Waals surface area contributed by atoms with Gasteiger partial charge in [-0.15, -0.1) is 0 Å². The van der Waals surface area contributed by atoms with E-state index in [-0.39, 0.29) is 17.3 Å². The SMILES string of the molecule is O=C(CSC1=Nc2ccccc2C2=NC(Cc3ccccc3)C(=O)N12)Nc1cc(F)ccc1F. The van der Waals surface area contributed by atoms with Gasteiger partial charge in [0, 0.05) is 18.1 Å². The molecule has 0 spiro atoms. The van der Waals surface area contributed by atoms with Crippen molar-refractivity contribution < 1.29 is 18.4 Å². The molecule has 2 aliphatic rings. The number of amides is 2. The second kappa shape index (κ2) is 9.18. The molecule has 0 saturated carbocycles. The third-order valence-electron chi connectivity index (χ3n) is 5.35. The number of hydrogen-bond donors (Lipinski definition) is 1. The zero-order chi connectivity index (χ0) is 23.7. The molecule has 2 aliphatic heterocycles. The van der Waals surface area contributed by atoms with Gasteiger partial charge in [-0.25, -0.2) is 18.7 Å². The molecule has 1 unspecified atom stereocenters. The summed E-state index contributed by atoms with van der Waals surface area (Å²) >= 11 is 1.03. The van der Waals surface area contributed by atoms with Crippen LogP contribution in [-0.2, 0) is 16.0 Å². The first-order valence-corrected chi connectivity index (χ1v) is 11.5. The maximum Gasteiger partial charge on any atom is 0.259 e. The van der Waals surface area contributed by atoms with Gasteiger partial charge in [-0.3, -0.25) is 14.6 Å². The Labute approximate surface area is 198 Å². The predicted octanol–water partition coefficient (Wildman–Crippen LogP) is 4.54. The molecule has 1 N–H and O–H groups in total. The van der Waals surface area contributed by atoms with Crippen molar-refractivity contribution in [2.45, 2.75) is 12.5 Å². The summed E-state index contributed by atoms with van der Waals surface area (Å²) in [5.74, 6) is -1.84. The highest BCUT2D eigenvalue weighted by atomic mass is 32.2. The number of benzene rings is 3. The number of amidine groups is 2. The minimum Gasteiger partial charge on any atom is -0.323 e. The summed E-state index contributed by atoms with van der Waals surface area (Å²) < 4.78 is 27.3. The molecular weight excluding hydrogens is 458 g/mol. The summed E-state index contributed by atoms with van der Waals surface area (Å²) in [5, 5.41) is 2.67. The second-order valence-electron chi connectivity index (χ2n) is 7.70. The van der Waals surface area contributed by atoms with Gasteiger partial charge in [0.25, 0.3) is 5.91 Å². The van der Waals surface area contributed by atoms with Gasteiger partial charge in [-0.2, -0.15) is 0 Å². The van der Waals surface area contributed by atoms with Crippen LogP contribution in [-0.4, -0.2) is 39.5 Å². The minimum atomic E-state index is -0.739. The third kappa shape index (κ3) is 4.34. The maximum atomic E-state index is 13.9. The lowest BCUT2D eigenvalue weighted by molar-refractivity contribution is -0.124. The second-order valence-corrected chi connectivity index (χ2v) is 8.65. The van der Waals surface area contributed by atoms with Crippen molar-refractivity contribution in [1.82, 2.24) is 4.90 Å². The highest BCUT2D eigenvalue weighted by Crippen LogP contribution is 2.34. The van der Waals surface area contributed by atoms with Crippen molar-refractivity contribution in [2.24, 2.45) is 9.98 Å². The van der Waals surface area contributed by atoms with Gasteiger partial charge in [0.05, 0.1) is 17.1 Å². The summed E-state index contributed by atoms with van der Waals surface area (Å²) in [7, 11) is 0. The van der Waals surface area contributed by atoms with Gasteiger partial charge in [-0.1, -0.05) is 54.2 Å². The summed E-state index contributed by atoms with van der Waals surface area (Å²) in [5.41, 5.74) is 2.12. The van der Waals surface area contributed by atoms with Gasteiger partial charge >= 0.3 is 0 Å². The Hall–Kier alpha value is -3.85. The zero-order valence-electron chi connectivity index (χ0n) is 17.7. The normalized spacial score (nSPS) is 16.5. The van der Waals surface area contributed by atoms with Gasteiger partial charge in [0.2, 0.25) is 5.91 Å². The molecular formula is C25H18F2N4O2S. The van der Waals surface area contributed by atoms with Crippen LogP contribution in [0.4, 0.5) is 20.2 Å². The Kier molecular flexibility index (Phi) is 5.93. The molecule has 0 fully saturated rings. The van der Waals surface area contributed by atoms with Crippen LogP contribution < -0.4 is 5.32 Å². The van der Waals surface area contributed by atoms with E-state index in [4.69, 9.17) is 4.99 Å². The molecule has 9 heteroatoms. The monoisotopic (exact) mass is 476 g/mol. The first-order chi connectivity index (χ1) is 16.5. The van der Waals surface area contributed by atoms with Crippen molar-refractivity contribution in [1.29, 1.82) is 0 Å². The largest absolute Gasteiger partial charge is 0.323 e. The van der Waals surface area contributed by atoms with Crippen LogP contribution in [0.3, 0.4) is 0 Å². The number of rotatable bonds is 5. The van der Waals surface area contributed by atoms with Crippen molar-refractivity contribution in [2.75, 3.05) is 11.1 Å². The fraction of sp³-hybridized carbons (Fsp3) is 0.120. The van der Waals surface area contributed by atoms with E-state index in [0.29, 0.717) is 23.1 Å². The molecule has 0 aliphatic carbocycles. The number of anilines is 1. The van der Waals surface area contributed by atoms with Gasteiger partial charge in [0.1, 0.15) is 23.5 Å². The van der Waals surface area contributed by atoms with E-state index >= 15 is 0 Å². The first kappa shape index (κ1) is 22.0. The van der Waals surface area contributed by atoms with Crippen molar-refractivity contribution in [3.05, 3.63) is 95.6 Å². The molecule has 2 heterocycles. The number of nitrogens with zero attached hydrogens (tertiary/aromatic N) is 3. The lowest BCUT2D eigenvalue weighted by Gasteiger charge is -2.25. The first-order valence-electron chi connectivity index (χ1n) is 10.5. The number of aliphatic imine (C=N–C) groups is 2. The van der Waals surface area contributed by atoms with Crippen LogP contribution in [0.15, 0.2) is 82.8 Å². The number of nitrogens with one attached hydrogen (secondary N) is 1. The molecule has 6 nitrogen and oxygen atoms in total. The molecule has 0 saturated heterocycles. The molecule has 34 heavy (non-hydrogen) atoms. The topological polar surface area (TPSA) is 74.1 Å². The van der Waals surface area contributed by atoms with E-state index in [9.17, 15) is 18.4 Å². The number of thioether (sulfide) groups is 1. The molecule has 3 aromatic rings. The molecule has 3 aromatic carbocycles. The number of carbonyl (C=O) groups excluding carboxylic acids is 2. The Balaban J connectivity index is 1.37. The average Bonchev–Trinajstić information content (AvgIpc) is 3.17. The zero-order valence-corrected chi connectivity index (χ0v) is 18.6. The number of halogens is 2. The van der Waals surface area contributed by atoms with E-state index in [1.165, 1.54) is 4.90 Å². The molecule has 0 aromatic heterocycles. The molecule has 5 rings (SSSR count). The van der Waals surface area contributed by atoms with Gasteiger partial charge in [-0.05, 0) is 29.8 Å². The summed E-state index contributed by atoms with van der Waals surface area (Å²) in [6.45, 7) is 0. The standard InChI is InChI=1S/C25H18F2N4O2S/c26-16-10-11-18(27)20(13-16)28-22(32)14-34-25-30-19-9-5-4-8-17(19)23-29-21(24(33)31(23)25)12-15-6-2-1-3-7-15/h1-11,13,21H,12,14H2,(H,28,32). The smallest absolute Gasteiger partial charge is 0.259 e. The summed E-state index contributed by atoms with van der Waals surface area (Å²) in [6, 6.07) is 19.2. The van der Waals surface area contributed by atoms with Crippen molar-refractivity contribution >= 4 is 46.0 Å². The molecule has 0 bridgehead atoms. The summed E-state index contributed by atoms with van der Waals surface area (Å²) in [4.78, 5) is 36.5. The fourth-order valence-corrected chi connectivity index (χ4v) is 4.58. The molecule has 170 valence electrons. The third-order valence-corrected chi connectivity index (χ3v) is 6.29. The van der Waals surface area contributed by atoms with Gasteiger partial charge in [0.15, 0.2) is 5.17 Å². The van der Waals surface area contributed by atoms with Crippen LogP contribution in [0.25, 0.3) is 0 Å². The fourth-order valence-electron chi connectivity index (χ4n) is 3.78. The van der Waals surface area contributed by atoms with E-state index in [1.54, 1.807) is 0 Å². The number of para-hydroxylation sites is 1. The van der Waals surface area contributed by atoms with E-state index < -0.39 is 23.6 Å². The quantitative estimate of drug-likeness (QED) is 0.588. The number of fused-ring (bicyclic) bond motifs is 3. The average molecular weight is 477 g/mol. The van der Waals surface area contributed by atoms with E-state index in [1.807, 2.05) is 54.6 Å². The molecule has 1 atom stereocenters. The Bertz CT molecular complexity index is 1340. The van der Waals surface area contributed by atoms with Crippen LogP contribution in [0.1, 0.15) is 11.1 Å². The molecule has 0 radical (unpaired) electrons. The van der Waals surface area contributed by atoms with Crippen LogP contribution in [0.5, 0.6) is 0 Å². The van der Waals surface area contributed by atoms with Crippen LogP contribution in [0.2, 0.25) is 0 Å². The number of carbonyl (C=O) groups is 2. The minimum absolute atomic E-state index is 0.155. The van der Waals surface area contributed by atoms with Gasteiger partial charge < -0.3 is 5.32 Å². The van der Waals surface area contributed by atoms with Crippen LogP contribution in [0, 0.1) is 11.6 Å². The highest BCUT2D eigenvalue weighted by molar-refractivity contribution is 8.14. The summed E-state index contributed by atoms with van der Waals surface area (Å²) in [6.07, 6.45) is 0.444. The lowest BCUT2D eigenvalue weighted by Crippen LogP contribution is -2.41. The van der Waals surface area contributed by atoms with Crippen molar-refractivity contribution in [3.8, 4) is 0 Å². The molecule has 2 amide bonds.